The Morgan fingerprint density at radius 2 is 1.89 bits per heavy atom. The van der Waals surface area contributed by atoms with Crippen LogP contribution >= 0.6 is 11.3 Å². The van der Waals surface area contributed by atoms with Crippen molar-refractivity contribution in [2.45, 2.75) is 45.1 Å². The minimum atomic E-state index is -0.340. The first kappa shape index (κ1) is 16.2. The molecule has 0 amide bonds. The number of benzene rings is 1. The Morgan fingerprint density at radius 3 is 2.82 bits per heavy atom. The van der Waals surface area contributed by atoms with Crippen LogP contribution in [0.5, 0.6) is 5.88 Å². The second kappa shape index (κ2) is 6.14. The fourth-order valence-electron chi connectivity index (χ4n) is 4.57. The van der Waals surface area contributed by atoms with E-state index in [1.807, 2.05) is 6.07 Å². The van der Waals surface area contributed by atoms with Crippen molar-refractivity contribution in [3.8, 4) is 5.88 Å². The first-order valence-corrected chi connectivity index (χ1v) is 10.5. The molecule has 4 aromatic rings. The highest BCUT2D eigenvalue weighted by Crippen LogP contribution is 2.40. The number of ether oxygens (including phenoxy) is 1. The number of nitrogens with zero attached hydrogens (tertiary/aromatic N) is 2. The molecule has 2 aliphatic carbocycles. The molecule has 1 aromatic carbocycles. The van der Waals surface area contributed by atoms with Gasteiger partial charge in [0, 0.05) is 21.9 Å². The average molecular weight is 390 g/mol. The van der Waals surface area contributed by atoms with Crippen molar-refractivity contribution in [1.29, 1.82) is 0 Å². The van der Waals surface area contributed by atoms with Gasteiger partial charge in [0.1, 0.15) is 23.3 Å². The summed E-state index contributed by atoms with van der Waals surface area (Å²) < 4.78 is 11.6. The molecule has 0 saturated heterocycles. The van der Waals surface area contributed by atoms with E-state index in [4.69, 9.17) is 9.15 Å². The lowest BCUT2D eigenvalue weighted by Crippen LogP contribution is -2.05. The van der Waals surface area contributed by atoms with Crippen LogP contribution in [0.25, 0.3) is 21.2 Å². The number of thiophene rings is 1. The van der Waals surface area contributed by atoms with E-state index in [0.717, 1.165) is 53.3 Å². The van der Waals surface area contributed by atoms with Crippen molar-refractivity contribution < 1.29 is 9.15 Å². The van der Waals surface area contributed by atoms with Crippen LogP contribution in [0.2, 0.25) is 0 Å². The molecule has 3 aromatic heterocycles. The SMILES string of the molecule is O=c1cc(COc2ncnc3sc4c(c23)CCC4)c2cc3c(cc2o1)CCC3. The Bertz CT molecular complexity index is 1300. The number of aromatic nitrogens is 2. The van der Waals surface area contributed by atoms with Gasteiger partial charge in [0.25, 0.3) is 0 Å². The summed E-state index contributed by atoms with van der Waals surface area (Å²) in [6.07, 6.45) is 8.21. The van der Waals surface area contributed by atoms with Crippen LogP contribution < -0.4 is 10.4 Å². The molecule has 5 nitrogen and oxygen atoms in total. The Hall–Kier alpha value is -2.73. The second-order valence-corrected chi connectivity index (χ2v) is 8.65. The molecule has 6 rings (SSSR count). The van der Waals surface area contributed by atoms with Gasteiger partial charge in [-0.3, -0.25) is 0 Å². The lowest BCUT2D eigenvalue weighted by molar-refractivity contribution is 0.298. The highest BCUT2D eigenvalue weighted by atomic mass is 32.1. The summed E-state index contributed by atoms with van der Waals surface area (Å²) in [4.78, 5) is 23.3. The van der Waals surface area contributed by atoms with Gasteiger partial charge in [0.15, 0.2) is 0 Å². The number of fused-ring (bicyclic) bond motifs is 5. The molecular formula is C22H18N2O3S. The van der Waals surface area contributed by atoms with Gasteiger partial charge in [-0.2, -0.15) is 0 Å². The van der Waals surface area contributed by atoms with E-state index in [0.29, 0.717) is 11.5 Å². The van der Waals surface area contributed by atoms with Crippen molar-refractivity contribution in [3.05, 3.63) is 62.1 Å². The summed E-state index contributed by atoms with van der Waals surface area (Å²) in [5, 5.41) is 2.01. The predicted octanol–water partition coefficient (Wildman–Crippen LogP) is 4.35. The third-order valence-corrected chi connectivity index (χ3v) is 7.07. The Kier molecular flexibility index (Phi) is 3.56. The second-order valence-electron chi connectivity index (χ2n) is 7.57. The molecule has 0 unspecified atom stereocenters. The molecule has 6 heteroatoms. The largest absolute Gasteiger partial charge is 0.472 e. The minimum Gasteiger partial charge on any atom is -0.472 e. The molecule has 0 radical (unpaired) electrons. The molecule has 0 N–H and O–H groups in total. The maximum Gasteiger partial charge on any atom is 0.336 e. The van der Waals surface area contributed by atoms with Crippen molar-refractivity contribution in [2.75, 3.05) is 0 Å². The lowest BCUT2D eigenvalue weighted by atomic mass is 10.0. The number of hydrogen-bond donors (Lipinski definition) is 0. The molecule has 0 spiro atoms. The van der Waals surface area contributed by atoms with E-state index in [2.05, 4.69) is 16.0 Å². The molecule has 28 heavy (non-hydrogen) atoms. The standard InChI is InChI=1S/C22H18N2O3S/c25-19-9-14(16-7-12-3-1-4-13(12)8-17(16)27-19)10-26-21-20-15-5-2-6-18(15)28-22(20)24-11-23-21/h7-9,11H,1-6,10H2. The van der Waals surface area contributed by atoms with E-state index in [9.17, 15) is 4.79 Å². The smallest absolute Gasteiger partial charge is 0.336 e. The summed E-state index contributed by atoms with van der Waals surface area (Å²) >= 11 is 1.74. The first-order valence-electron chi connectivity index (χ1n) is 9.73. The molecule has 3 heterocycles. The molecule has 0 aliphatic heterocycles. The maximum atomic E-state index is 12.1. The lowest BCUT2D eigenvalue weighted by Gasteiger charge is -2.10. The third kappa shape index (κ3) is 2.48. The summed E-state index contributed by atoms with van der Waals surface area (Å²) in [7, 11) is 0. The Morgan fingerprint density at radius 1 is 1.04 bits per heavy atom. The van der Waals surface area contributed by atoms with Crippen LogP contribution in [0.3, 0.4) is 0 Å². The molecule has 0 atom stereocenters. The average Bonchev–Trinajstić information content (AvgIpc) is 3.39. The quantitative estimate of drug-likeness (QED) is 0.487. The summed E-state index contributed by atoms with van der Waals surface area (Å²) in [5.74, 6) is 0.618. The molecule has 0 saturated carbocycles. The van der Waals surface area contributed by atoms with Gasteiger partial charge in [-0.15, -0.1) is 11.3 Å². The van der Waals surface area contributed by atoms with Gasteiger partial charge in [-0.1, -0.05) is 0 Å². The first-order chi connectivity index (χ1) is 13.8. The topological polar surface area (TPSA) is 65.2 Å². The van der Waals surface area contributed by atoms with Crippen LogP contribution in [0, 0.1) is 0 Å². The third-order valence-electron chi connectivity index (χ3n) is 5.87. The normalized spacial score (nSPS) is 15.3. The zero-order valence-electron chi connectivity index (χ0n) is 15.3. The molecule has 140 valence electrons. The molecular weight excluding hydrogens is 372 g/mol. The van der Waals surface area contributed by atoms with Crippen molar-refractivity contribution >= 4 is 32.5 Å². The number of hydrogen-bond acceptors (Lipinski definition) is 6. The summed E-state index contributed by atoms with van der Waals surface area (Å²) in [6, 6.07) is 5.73. The predicted molar refractivity (Wildman–Crippen MR) is 108 cm³/mol. The molecule has 2 aliphatic rings. The maximum absolute atomic E-state index is 12.1. The Labute approximate surface area is 165 Å². The fourth-order valence-corrected chi connectivity index (χ4v) is 5.79. The van der Waals surface area contributed by atoms with Crippen LogP contribution in [-0.4, -0.2) is 9.97 Å². The van der Waals surface area contributed by atoms with E-state index in [1.54, 1.807) is 23.7 Å². The van der Waals surface area contributed by atoms with Crippen LogP contribution in [0.1, 0.15) is 40.0 Å². The van der Waals surface area contributed by atoms with Gasteiger partial charge in [-0.05, 0) is 67.3 Å². The van der Waals surface area contributed by atoms with Crippen LogP contribution in [0.4, 0.5) is 0 Å². The minimum absolute atomic E-state index is 0.289. The number of rotatable bonds is 3. The van der Waals surface area contributed by atoms with Gasteiger partial charge in [0.2, 0.25) is 5.88 Å². The van der Waals surface area contributed by atoms with Crippen molar-refractivity contribution in [1.82, 2.24) is 9.97 Å². The highest BCUT2D eigenvalue weighted by Gasteiger charge is 2.22. The van der Waals surface area contributed by atoms with E-state index >= 15 is 0 Å². The zero-order chi connectivity index (χ0) is 18.7. The van der Waals surface area contributed by atoms with Gasteiger partial charge in [0.05, 0.1) is 5.39 Å². The van der Waals surface area contributed by atoms with Gasteiger partial charge in [-0.25, -0.2) is 14.8 Å². The van der Waals surface area contributed by atoms with Crippen LogP contribution in [-0.2, 0) is 32.3 Å². The molecule has 0 fully saturated rings. The fraction of sp³-hybridized carbons (Fsp3) is 0.318. The van der Waals surface area contributed by atoms with Crippen molar-refractivity contribution in [2.24, 2.45) is 0 Å². The van der Waals surface area contributed by atoms with Gasteiger partial charge < -0.3 is 9.15 Å². The molecule has 0 bridgehead atoms. The zero-order valence-corrected chi connectivity index (χ0v) is 16.1. The monoisotopic (exact) mass is 390 g/mol. The summed E-state index contributed by atoms with van der Waals surface area (Å²) in [5.41, 5.74) is 5.14. The van der Waals surface area contributed by atoms with E-state index in [1.165, 1.54) is 28.0 Å². The highest BCUT2D eigenvalue weighted by molar-refractivity contribution is 7.18. The van der Waals surface area contributed by atoms with Gasteiger partial charge >= 0.3 is 5.63 Å². The number of aryl methyl sites for hydroxylation is 4. The van der Waals surface area contributed by atoms with E-state index < -0.39 is 0 Å². The van der Waals surface area contributed by atoms with Crippen LogP contribution in [0.15, 0.2) is 33.7 Å². The Balaban J connectivity index is 1.42. The summed E-state index contributed by atoms with van der Waals surface area (Å²) in [6.45, 7) is 0.289. The van der Waals surface area contributed by atoms with Crippen molar-refractivity contribution in [3.63, 3.8) is 0 Å². The van der Waals surface area contributed by atoms with E-state index in [-0.39, 0.29) is 12.2 Å².